The Labute approximate surface area is 136 Å². The molecule has 2 aromatic carbocycles. The van der Waals surface area contributed by atoms with Crippen LogP contribution in [0.15, 0.2) is 48.5 Å². The molecule has 2 aromatic heterocycles. The van der Waals surface area contributed by atoms with E-state index in [0.29, 0.717) is 17.4 Å². The van der Waals surface area contributed by atoms with E-state index in [0.717, 1.165) is 16.9 Å². The molecule has 0 aliphatic carbocycles. The van der Waals surface area contributed by atoms with E-state index >= 15 is 0 Å². The second-order valence-corrected chi connectivity index (χ2v) is 5.70. The first-order chi connectivity index (χ1) is 11.5. The van der Waals surface area contributed by atoms with Crippen molar-refractivity contribution in [2.75, 3.05) is 0 Å². The minimum atomic E-state index is -1.05. The Hall–Kier alpha value is -3.15. The zero-order chi connectivity index (χ0) is 16.8. The van der Waals surface area contributed by atoms with Gasteiger partial charge >= 0.3 is 5.97 Å². The third kappa shape index (κ3) is 2.15. The second-order valence-electron chi connectivity index (χ2n) is 5.70. The van der Waals surface area contributed by atoms with Crippen LogP contribution in [-0.4, -0.2) is 25.2 Å². The van der Waals surface area contributed by atoms with Crippen molar-refractivity contribution in [1.29, 1.82) is 0 Å². The lowest BCUT2D eigenvalue weighted by Gasteiger charge is -2.08. The Morgan fingerprint density at radius 1 is 1.17 bits per heavy atom. The number of nitrogens with zero attached hydrogens (tertiary/aromatic N) is 3. The number of para-hydroxylation sites is 2. The highest BCUT2D eigenvalue weighted by molar-refractivity contribution is 5.94. The van der Waals surface area contributed by atoms with Gasteiger partial charge in [0.25, 0.3) is 0 Å². The van der Waals surface area contributed by atoms with Crippen molar-refractivity contribution >= 4 is 27.9 Å². The number of rotatable bonds is 3. The lowest BCUT2D eigenvalue weighted by Crippen LogP contribution is -2.12. The van der Waals surface area contributed by atoms with E-state index < -0.39 is 5.97 Å². The maximum absolute atomic E-state index is 13.4. The summed E-state index contributed by atoms with van der Waals surface area (Å²) in [5, 5.41) is 10.0. The van der Waals surface area contributed by atoms with Gasteiger partial charge in [-0.1, -0.05) is 12.1 Å². The van der Waals surface area contributed by atoms with Gasteiger partial charge in [0.2, 0.25) is 0 Å². The number of fused-ring (bicyclic) bond motifs is 2. The Kier molecular flexibility index (Phi) is 3.13. The smallest absolute Gasteiger partial charge is 0.352 e. The fourth-order valence-electron chi connectivity index (χ4n) is 3.07. The van der Waals surface area contributed by atoms with Crippen LogP contribution >= 0.6 is 0 Å². The van der Waals surface area contributed by atoms with Crippen molar-refractivity contribution in [3.05, 3.63) is 65.9 Å². The number of carboxylic acid groups (broad SMARTS) is 1. The molecule has 0 radical (unpaired) electrons. The molecular formula is C18H14FN3O2. The number of aryl methyl sites for hydroxylation is 1. The highest BCUT2D eigenvalue weighted by atomic mass is 19.1. The van der Waals surface area contributed by atoms with Crippen LogP contribution < -0.4 is 0 Å². The average Bonchev–Trinajstić information content (AvgIpc) is 3.07. The topological polar surface area (TPSA) is 60.0 Å². The first-order valence-corrected chi connectivity index (χ1v) is 7.47. The number of hydrogen-bond donors (Lipinski definition) is 1. The third-order valence-corrected chi connectivity index (χ3v) is 4.26. The fraction of sp³-hybridized carbons (Fsp3) is 0.111. The molecule has 0 spiro atoms. The number of halogens is 1. The molecule has 0 saturated heterocycles. The molecule has 5 nitrogen and oxygen atoms in total. The number of benzene rings is 2. The molecule has 0 aliphatic rings. The summed E-state index contributed by atoms with van der Waals surface area (Å²) in [6.45, 7) is 0.294. The van der Waals surface area contributed by atoms with Crippen LogP contribution in [0.1, 0.15) is 16.3 Å². The molecule has 120 valence electrons. The largest absolute Gasteiger partial charge is 0.477 e. The molecule has 0 atom stereocenters. The van der Waals surface area contributed by atoms with Gasteiger partial charge in [0, 0.05) is 18.0 Å². The van der Waals surface area contributed by atoms with Crippen molar-refractivity contribution in [2.45, 2.75) is 6.54 Å². The van der Waals surface area contributed by atoms with Gasteiger partial charge in [0.1, 0.15) is 17.3 Å². The van der Waals surface area contributed by atoms with Crippen molar-refractivity contribution < 1.29 is 14.3 Å². The Bertz CT molecular complexity index is 1090. The predicted molar refractivity (Wildman–Crippen MR) is 88.7 cm³/mol. The summed E-state index contributed by atoms with van der Waals surface area (Å²) in [5.74, 6) is -0.704. The first kappa shape index (κ1) is 14.4. The van der Waals surface area contributed by atoms with E-state index in [2.05, 4.69) is 4.98 Å². The molecule has 0 fully saturated rings. The summed E-state index contributed by atoms with van der Waals surface area (Å²) in [7, 11) is 1.90. The number of carboxylic acids is 1. The number of imidazole rings is 1. The van der Waals surface area contributed by atoms with E-state index in [4.69, 9.17) is 0 Å². The van der Waals surface area contributed by atoms with Crippen molar-refractivity contribution in [2.24, 2.45) is 7.05 Å². The number of aromatic nitrogens is 3. The van der Waals surface area contributed by atoms with E-state index in [1.54, 1.807) is 10.6 Å². The average molecular weight is 323 g/mol. The highest BCUT2D eigenvalue weighted by Crippen LogP contribution is 2.23. The van der Waals surface area contributed by atoms with Crippen LogP contribution in [0.3, 0.4) is 0 Å². The Balaban J connectivity index is 1.90. The molecular weight excluding hydrogens is 309 g/mol. The van der Waals surface area contributed by atoms with Gasteiger partial charge in [0.05, 0.1) is 17.6 Å². The lowest BCUT2D eigenvalue weighted by atomic mass is 10.2. The summed E-state index contributed by atoms with van der Waals surface area (Å²) < 4.78 is 17.0. The molecule has 0 amide bonds. The van der Waals surface area contributed by atoms with Gasteiger partial charge in [-0.3, -0.25) is 0 Å². The van der Waals surface area contributed by atoms with Crippen LogP contribution in [-0.2, 0) is 13.6 Å². The van der Waals surface area contributed by atoms with Gasteiger partial charge in [-0.25, -0.2) is 14.2 Å². The van der Waals surface area contributed by atoms with Gasteiger partial charge in [0.15, 0.2) is 0 Å². The lowest BCUT2D eigenvalue weighted by molar-refractivity contribution is 0.0686. The summed E-state index contributed by atoms with van der Waals surface area (Å²) >= 11 is 0. The summed E-state index contributed by atoms with van der Waals surface area (Å²) in [6, 6.07) is 13.5. The Morgan fingerprint density at radius 2 is 1.96 bits per heavy atom. The van der Waals surface area contributed by atoms with Gasteiger partial charge < -0.3 is 14.2 Å². The second kappa shape index (κ2) is 5.19. The van der Waals surface area contributed by atoms with Crippen molar-refractivity contribution in [3.63, 3.8) is 0 Å². The van der Waals surface area contributed by atoms with Crippen LogP contribution in [0, 0.1) is 5.82 Å². The molecule has 4 rings (SSSR count). The monoisotopic (exact) mass is 323 g/mol. The molecule has 0 aliphatic heterocycles. The van der Waals surface area contributed by atoms with Crippen LogP contribution in [0.4, 0.5) is 4.39 Å². The highest BCUT2D eigenvalue weighted by Gasteiger charge is 2.17. The molecule has 0 saturated carbocycles. The van der Waals surface area contributed by atoms with Crippen molar-refractivity contribution in [3.8, 4) is 0 Å². The van der Waals surface area contributed by atoms with E-state index in [-0.39, 0.29) is 11.5 Å². The molecule has 2 heterocycles. The van der Waals surface area contributed by atoms with E-state index in [1.807, 2.05) is 35.9 Å². The Morgan fingerprint density at radius 3 is 2.71 bits per heavy atom. The molecule has 0 unspecified atom stereocenters. The van der Waals surface area contributed by atoms with Gasteiger partial charge in [-0.2, -0.15) is 0 Å². The third-order valence-electron chi connectivity index (χ3n) is 4.26. The minimum absolute atomic E-state index is 0.114. The van der Waals surface area contributed by atoms with Crippen LogP contribution in [0.25, 0.3) is 21.9 Å². The van der Waals surface area contributed by atoms with Gasteiger partial charge in [-0.15, -0.1) is 0 Å². The number of hydrogen-bond acceptors (Lipinski definition) is 2. The molecule has 6 heteroatoms. The molecule has 0 bridgehead atoms. The van der Waals surface area contributed by atoms with Crippen LogP contribution in [0.2, 0.25) is 0 Å². The van der Waals surface area contributed by atoms with E-state index in [9.17, 15) is 14.3 Å². The number of aromatic carboxylic acids is 1. The molecule has 24 heavy (non-hydrogen) atoms. The zero-order valence-corrected chi connectivity index (χ0v) is 12.9. The quantitative estimate of drug-likeness (QED) is 0.628. The van der Waals surface area contributed by atoms with Gasteiger partial charge in [-0.05, 0) is 36.4 Å². The molecule has 4 aromatic rings. The van der Waals surface area contributed by atoms with Crippen molar-refractivity contribution in [1.82, 2.24) is 14.1 Å². The maximum Gasteiger partial charge on any atom is 0.352 e. The zero-order valence-electron chi connectivity index (χ0n) is 12.9. The summed E-state index contributed by atoms with van der Waals surface area (Å²) in [4.78, 5) is 16.2. The number of carbonyl (C=O) groups is 1. The molecule has 1 N–H and O–H groups in total. The predicted octanol–water partition coefficient (Wildman–Crippen LogP) is 3.41. The minimum Gasteiger partial charge on any atom is -0.477 e. The van der Waals surface area contributed by atoms with E-state index in [1.165, 1.54) is 18.2 Å². The van der Waals surface area contributed by atoms with Crippen LogP contribution in [0.5, 0.6) is 0 Å². The standard InChI is InChI=1S/C18H14FN3O2/c1-21-15-5-3-2-4-13(15)20-17(21)10-22-14-7-6-12(19)8-11(14)9-16(22)18(23)24/h2-9H,10H2,1H3,(H,23,24). The SMILES string of the molecule is Cn1c(Cn2c(C(=O)O)cc3cc(F)ccc32)nc2ccccc21. The maximum atomic E-state index is 13.4. The first-order valence-electron chi connectivity index (χ1n) is 7.47. The fourth-order valence-corrected chi connectivity index (χ4v) is 3.07. The summed E-state index contributed by atoms with van der Waals surface area (Å²) in [6.07, 6.45) is 0. The normalized spacial score (nSPS) is 11.4. The summed E-state index contributed by atoms with van der Waals surface area (Å²) in [5.41, 5.74) is 2.62.